The maximum Gasteiger partial charge on any atom is 0.254 e. The Hall–Kier alpha value is -3.38. The van der Waals surface area contributed by atoms with E-state index in [1.54, 1.807) is 36.5 Å². The molecule has 0 aliphatic carbocycles. The van der Waals surface area contributed by atoms with Gasteiger partial charge < -0.3 is 20.5 Å². The van der Waals surface area contributed by atoms with Gasteiger partial charge in [-0.3, -0.25) is 4.79 Å². The second kappa shape index (κ2) is 8.75. The van der Waals surface area contributed by atoms with E-state index in [2.05, 4.69) is 10.3 Å². The van der Waals surface area contributed by atoms with Gasteiger partial charge in [-0.05, 0) is 79.9 Å². The highest BCUT2D eigenvalue weighted by atomic mass is 16.5. The molecule has 0 spiro atoms. The van der Waals surface area contributed by atoms with Crippen molar-refractivity contribution in [1.82, 2.24) is 10.3 Å². The lowest BCUT2D eigenvalue weighted by Crippen LogP contribution is -2.15. The molecule has 2 heterocycles. The minimum Gasteiger partial charge on any atom is -0.457 e. The van der Waals surface area contributed by atoms with E-state index in [0.29, 0.717) is 17.4 Å². The molecule has 1 aliphatic heterocycles. The normalized spacial score (nSPS) is 15.8. The van der Waals surface area contributed by atoms with Crippen molar-refractivity contribution in [2.45, 2.75) is 12.8 Å². The second-order valence-corrected chi connectivity index (χ2v) is 7.11. The zero-order valence-corrected chi connectivity index (χ0v) is 16.0. The van der Waals surface area contributed by atoms with Crippen LogP contribution in [0.3, 0.4) is 0 Å². The number of aromatic nitrogens is 1. The van der Waals surface area contributed by atoms with Gasteiger partial charge in [0, 0.05) is 6.20 Å². The van der Waals surface area contributed by atoms with Gasteiger partial charge in [0.1, 0.15) is 22.8 Å². The van der Waals surface area contributed by atoms with Gasteiger partial charge in [-0.1, -0.05) is 18.2 Å². The van der Waals surface area contributed by atoms with Crippen LogP contribution >= 0.6 is 0 Å². The van der Waals surface area contributed by atoms with Crippen LogP contribution in [-0.2, 0) is 6.42 Å². The first-order valence-electron chi connectivity index (χ1n) is 9.67. The van der Waals surface area contributed by atoms with E-state index < -0.39 is 5.91 Å². The maximum absolute atomic E-state index is 11.9. The van der Waals surface area contributed by atoms with Crippen molar-refractivity contribution >= 4 is 5.91 Å². The molecular weight excluding hydrogens is 366 g/mol. The van der Waals surface area contributed by atoms with Gasteiger partial charge in [0.15, 0.2) is 0 Å². The number of primary amides is 1. The third kappa shape index (κ3) is 4.92. The van der Waals surface area contributed by atoms with Crippen molar-refractivity contribution in [3.05, 3.63) is 78.0 Å². The van der Waals surface area contributed by atoms with Crippen molar-refractivity contribution in [1.29, 1.82) is 0 Å². The van der Waals surface area contributed by atoms with Crippen LogP contribution in [0.1, 0.15) is 22.3 Å². The number of nitrogens with one attached hydrogen (secondary N) is 1. The number of carbonyl (C=O) groups is 1. The van der Waals surface area contributed by atoms with Crippen molar-refractivity contribution < 1.29 is 14.3 Å². The molecule has 0 saturated carbocycles. The molecule has 6 nitrogen and oxygen atoms in total. The number of rotatable bonds is 7. The number of hydrogen-bond donors (Lipinski definition) is 2. The number of ether oxygens (including phenoxy) is 2. The fraction of sp³-hybridized carbons (Fsp3) is 0.217. The van der Waals surface area contributed by atoms with Crippen LogP contribution in [0.4, 0.5) is 0 Å². The minimum absolute atomic E-state index is 0.211. The number of hydrogen-bond acceptors (Lipinski definition) is 5. The zero-order valence-electron chi connectivity index (χ0n) is 16.0. The summed E-state index contributed by atoms with van der Waals surface area (Å²) in [6, 6.07) is 18.5. The summed E-state index contributed by atoms with van der Waals surface area (Å²) < 4.78 is 11.6. The molecular formula is C23H23N3O3. The molecule has 1 saturated heterocycles. The third-order valence-electron chi connectivity index (χ3n) is 4.88. The number of nitrogens with zero attached hydrogens (tertiary/aromatic N) is 1. The summed E-state index contributed by atoms with van der Waals surface area (Å²) in [7, 11) is 0. The summed E-state index contributed by atoms with van der Waals surface area (Å²) in [6.07, 6.45) is 3.75. The predicted molar refractivity (Wildman–Crippen MR) is 110 cm³/mol. The summed E-state index contributed by atoms with van der Waals surface area (Å²) in [5, 5.41) is 3.35. The smallest absolute Gasteiger partial charge is 0.254 e. The van der Waals surface area contributed by atoms with E-state index in [0.717, 1.165) is 37.2 Å². The van der Waals surface area contributed by atoms with Crippen LogP contribution in [0, 0.1) is 5.92 Å². The third-order valence-corrected chi connectivity index (χ3v) is 4.88. The van der Waals surface area contributed by atoms with Crippen molar-refractivity contribution in [2.75, 3.05) is 13.1 Å². The van der Waals surface area contributed by atoms with Gasteiger partial charge in [-0.2, -0.15) is 0 Å². The number of pyridine rings is 1. The van der Waals surface area contributed by atoms with Crippen LogP contribution in [-0.4, -0.2) is 24.0 Å². The lowest BCUT2D eigenvalue weighted by molar-refractivity contribution is 0.0997. The standard InChI is InChI=1S/C23H23N3O3/c24-22(27)21-13-17(12-16-10-11-25-14-16)15-26-23(21)29-20-8-6-19(7-9-20)28-18-4-2-1-3-5-18/h1-9,13,15-16,25H,10-12,14H2,(H2,24,27). The number of carbonyl (C=O) groups excluding carboxylic acids is 1. The zero-order chi connectivity index (χ0) is 20.1. The van der Waals surface area contributed by atoms with Crippen LogP contribution in [0.15, 0.2) is 66.9 Å². The Morgan fingerprint density at radius 3 is 2.38 bits per heavy atom. The molecule has 1 amide bonds. The lowest BCUT2D eigenvalue weighted by atomic mass is 9.99. The highest BCUT2D eigenvalue weighted by Gasteiger charge is 2.18. The molecule has 1 aliphatic rings. The summed E-state index contributed by atoms with van der Waals surface area (Å²) >= 11 is 0. The number of nitrogens with two attached hydrogens (primary N) is 1. The molecule has 1 aromatic heterocycles. The van der Waals surface area contributed by atoms with Crippen LogP contribution < -0.4 is 20.5 Å². The van der Waals surface area contributed by atoms with Crippen LogP contribution in [0.5, 0.6) is 23.1 Å². The van der Waals surface area contributed by atoms with Gasteiger partial charge in [0.05, 0.1) is 0 Å². The fourth-order valence-electron chi connectivity index (χ4n) is 3.40. The Morgan fingerprint density at radius 2 is 1.72 bits per heavy atom. The Labute approximate surface area is 169 Å². The Balaban J connectivity index is 1.47. The summed E-state index contributed by atoms with van der Waals surface area (Å²) in [5.41, 5.74) is 6.85. The fourth-order valence-corrected chi connectivity index (χ4v) is 3.40. The van der Waals surface area contributed by atoms with E-state index in [4.69, 9.17) is 15.2 Å². The molecule has 3 aromatic rings. The summed E-state index contributed by atoms with van der Waals surface area (Å²) in [6.45, 7) is 2.02. The minimum atomic E-state index is -0.553. The Morgan fingerprint density at radius 1 is 1.03 bits per heavy atom. The molecule has 6 heteroatoms. The molecule has 0 bridgehead atoms. The van der Waals surface area contributed by atoms with E-state index in [1.807, 2.05) is 30.3 Å². The van der Waals surface area contributed by atoms with Crippen molar-refractivity contribution in [3.63, 3.8) is 0 Å². The molecule has 0 radical (unpaired) electrons. The average molecular weight is 389 g/mol. The van der Waals surface area contributed by atoms with Crippen LogP contribution in [0.2, 0.25) is 0 Å². The quantitative estimate of drug-likeness (QED) is 0.640. The molecule has 2 aromatic carbocycles. The first-order valence-corrected chi connectivity index (χ1v) is 9.67. The van der Waals surface area contributed by atoms with E-state index in [1.165, 1.54) is 0 Å². The molecule has 1 unspecified atom stereocenters. The van der Waals surface area contributed by atoms with Gasteiger partial charge in [0.2, 0.25) is 5.88 Å². The van der Waals surface area contributed by atoms with Crippen molar-refractivity contribution in [3.8, 4) is 23.1 Å². The summed E-state index contributed by atoms with van der Waals surface area (Å²) in [4.78, 5) is 16.3. The number of benzene rings is 2. The van der Waals surface area contributed by atoms with Gasteiger partial charge in [0.25, 0.3) is 5.91 Å². The number of amides is 1. The molecule has 1 atom stereocenters. The summed E-state index contributed by atoms with van der Waals surface area (Å²) in [5.74, 6) is 2.21. The second-order valence-electron chi connectivity index (χ2n) is 7.11. The molecule has 29 heavy (non-hydrogen) atoms. The van der Waals surface area contributed by atoms with Gasteiger partial charge >= 0.3 is 0 Å². The Bertz CT molecular complexity index is 968. The highest BCUT2D eigenvalue weighted by molar-refractivity contribution is 5.95. The molecule has 148 valence electrons. The van der Waals surface area contributed by atoms with E-state index in [9.17, 15) is 4.79 Å². The van der Waals surface area contributed by atoms with Gasteiger partial charge in [-0.25, -0.2) is 4.98 Å². The highest BCUT2D eigenvalue weighted by Crippen LogP contribution is 2.28. The largest absolute Gasteiger partial charge is 0.457 e. The van der Waals surface area contributed by atoms with Crippen molar-refractivity contribution in [2.24, 2.45) is 11.7 Å². The van der Waals surface area contributed by atoms with Crippen LogP contribution in [0.25, 0.3) is 0 Å². The maximum atomic E-state index is 11.9. The first-order chi connectivity index (χ1) is 14.2. The SMILES string of the molecule is NC(=O)c1cc(CC2CCNC2)cnc1Oc1ccc(Oc2ccccc2)cc1. The topological polar surface area (TPSA) is 86.5 Å². The molecule has 4 rings (SSSR count). The van der Waals surface area contributed by atoms with E-state index in [-0.39, 0.29) is 11.4 Å². The first kappa shape index (κ1) is 19.0. The predicted octanol–water partition coefficient (Wildman–Crippen LogP) is 3.92. The van der Waals surface area contributed by atoms with E-state index >= 15 is 0 Å². The lowest BCUT2D eigenvalue weighted by Gasteiger charge is -2.12. The Kier molecular flexibility index (Phi) is 5.72. The molecule has 1 fully saturated rings. The molecule has 3 N–H and O–H groups in total. The average Bonchev–Trinajstić information content (AvgIpc) is 3.24. The van der Waals surface area contributed by atoms with Gasteiger partial charge in [-0.15, -0.1) is 0 Å². The number of para-hydroxylation sites is 1. The monoisotopic (exact) mass is 389 g/mol.